The number of aliphatic imine (C=N–C) groups is 1. The molecule has 0 aliphatic heterocycles. The molecule has 0 aliphatic carbocycles. The molecule has 176 valence electrons. The van der Waals surface area contributed by atoms with Crippen LogP contribution in [0, 0.1) is 0 Å². The fraction of sp³-hybridized carbons (Fsp3) is 0.450. The molecular formula is C20H30N6O6. The second-order valence-electron chi connectivity index (χ2n) is 7.14. The first kappa shape index (κ1) is 26.4. The highest BCUT2D eigenvalue weighted by molar-refractivity contribution is 5.92. The van der Waals surface area contributed by atoms with E-state index in [1.54, 1.807) is 30.3 Å². The lowest BCUT2D eigenvalue weighted by Crippen LogP contribution is -2.55. The fourth-order valence-electron chi connectivity index (χ4n) is 2.79. The molecule has 0 bridgehead atoms. The van der Waals surface area contributed by atoms with Gasteiger partial charge in [-0.15, -0.1) is 0 Å². The quantitative estimate of drug-likeness (QED) is 0.0996. The summed E-state index contributed by atoms with van der Waals surface area (Å²) in [6.07, 6.45) is 0.0573. The summed E-state index contributed by atoms with van der Waals surface area (Å²) in [7, 11) is 0. The molecule has 1 rings (SSSR count). The van der Waals surface area contributed by atoms with Crippen LogP contribution < -0.4 is 27.8 Å². The van der Waals surface area contributed by atoms with Gasteiger partial charge in [0.1, 0.15) is 12.1 Å². The van der Waals surface area contributed by atoms with Gasteiger partial charge in [-0.05, 0) is 24.8 Å². The van der Waals surface area contributed by atoms with E-state index in [0.29, 0.717) is 13.0 Å². The number of hydrogen-bond acceptors (Lipinski definition) is 6. The molecule has 12 heteroatoms. The average molecular weight is 450 g/mol. The summed E-state index contributed by atoms with van der Waals surface area (Å²) < 4.78 is 0. The van der Waals surface area contributed by atoms with Crippen molar-refractivity contribution < 1.29 is 29.4 Å². The molecule has 1 aromatic rings. The van der Waals surface area contributed by atoms with Crippen LogP contribution in [0.1, 0.15) is 31.2 Å². The predicted molar refractivity (Wildman–Crippen MR) is 116 cm³/mol. The van der Waals surface area contributed by atoms with Crippen molar-refractivity contribution >= 4 is 29.7 Å². The number of nitrogens with one attached hydrogen (secondary N) is 2. The third kappa shape index (κ3) is 10.4. The van der Waals surface area contributed by atoms with Gasteiger partial charge < -0.3 is 38.0 Å². The van der Waals surface area contributed by atoms with Gasteiger partial charge in [-0.1, -0.05) is 30.3 Å². The summed E-state index contributed by atoms with van der Waals surface area (Å²) in [6, 6.07) is 5.35. The molecule has 0 aliphatic rings. The van der Waals surface area contributed by atoms with Crippen molar-refractivity contribution in [3.63, 3.8) is 0 Å². The second kappa shape index (κ2) is 13.6. The van der Waals surface area contributed by atoms with Crippen molar-refractivity contribution in [2.24, 2.45) is 22.2 Å². The SMILES string of the molecule is NC(N)=NCCC[C@H](N)C(=O)N[C@@H](Cc1ccccc1)C(=O)N[C@@H](CCC(=O)O)C(=O)O. The molecule has 12 nitrogen and oxygen atoms in total. The minimum Gasteiger partial charge on any atom is -0.481 e. The number of carboxylic acid groups (broad SMARTS) is 2. The number of aliphatic carboxylic acids is 2. The molecule has 0 heterocycles. The van der Waals surface area contributed by atoms with Gasteiger partial charge in [0.2, 0.25) is 11.8 Å². The first-order valence-corrected chi connectivity index (χ1v) is 10.0. The number of rotatable bonds is 14. The van der Waals surface area contributed by atoms with Gasteiger partial charge in [0.05, 0.1) is 6.04 Å². The smallest absolute Gasteiger partial charge is 0.326 e. The van der Waals surface area contributed by atoms with Crippen molar-refractivity contribution in [1.82, 2.24) is 10.6 Å². The van der Waals surface area contributed by atoms with Gasteiger partial charge >= 0.3 is 11.9 Å². The Hall–Kier alpha value is -3.67. The number of hydrogen-bond donors (Lipinski definition) is 7. The van der Waals surface area contributed by atoms with E-state index < -0.39 is 48.3 Å². The number of guanidine groups is 1. The van der Waals surface area contributed by atoms with E-state index in [-0.39, 0.29) is 25.2 Å². The molecular weight excluding hydrogens is 420 g/mol. The van der Waals surface area contributed by atoms with Crippen LogP contribution in [0.2, 0.25) is 0 Å². The Morgan fingerprint density at radius 1 is 0.938 bits per heavy atom. The van der Waals surface area contributed by atoms with Crippen LogP contribution in [-0.4, -0.2) is 64.6 Å². The molecule has 0 radical (unpaired) electrons. The molecule has 0 spiro atoms. The van der Waals surface area contributed by atoms with Gasteiger partial charge in [-0.3, -0.25) is 19.4 Å². The van der Waals surface area contributed by atoms with Crippen molar-refractivity contribution in [3.05, 3.63) is 35.9 Å². The number of carbonyl (C=O) groups excluding carboxylic acids is 2. The largest absolute Gasteiger partial charge is 0.481 e. The predicted octanol–water partition coefficient (Wildman–Crippen LogP) is -1.47. The van der Waals surface area contributed by atoms with E-state index >= 15 is 0 Å². The van der Waals surface area contributed by atoms with Gasteiger partial charge in [-0.2, -0.15) is 0 Å². The molecule has 1 aromatic carbocycles. The van der Waals surface area contributed by atoms with Crippen LogP contribution in [0.3, 0.4) is 0 Å². The fourth-order valence-corrected chi connectivity index (χ4v) is 2.79. The lowest BCUT2D eigenvalue weighted by Gasteiger charge is -2.23. The number of benzene rings is 1. The topological polar surface area (TPSA) is 223 Å². The first-order chi connectivity index (χ1) is 15.1. The standard InChI is InChI=1S/C20H30N6O6/c21-13(7-4-10-24-20(22)23)17(29)26-15(11-12-5-2-1-3-6-12)18(30)25-14(19(31)32)8-9-16(27)28/h1-3,5-6,13-15H,4,7-11,21H2,(H,25,30)(H,26,29)(H,27,28)(H,31,32)(H4,22,23,24)/t13-,14-,15-/m0/s1. The summed E-state index contributed by atoms with van der Waals surface area (Å²) in [5.74, 6) is -3.98. The van der Waals surface area contributed by atoms with Gasteiger partial charge in [0.15, 0.2) is 5.96 Å². The monoisotopic (exact) mass is 450 g/mol. The lowest BCUT2D eigenvalue weighted by atomic mass is 10.0. The van der Waals surface area contributed by atoms with Crippen molar-refractivity contribution in [1.29, 1.82) is 0 Å². The van der Waals surface area contributed by atoms with E-state index in [2.05, 4.69) is 15.6 Å². The molecule has 3 atom stereocenters. The normalized spacial score (nSPS) is 13.3. The van der Waals surface area contributed by atoms with Crippen LogP contribution in [0.4, 0.5) is 0 Å². The maximum Gasteiger partial charge on any atom is 0.326 e. The van der Waals surface area contributed by atoms with E-state index in [1.807, 2.05) is 0 Å². The highest BCUT2D eigenvalue weighted by atomic mass is 16.4. The minimum absolute atomic E-state index is 0.0708. The maximum atomic E-state index is 12.8. The molecule has 0 unspecified atom stereocenters. The Balaban J connectivity index is 2.85. The molecule has 0 fully saturated rings. The van der Waals surface area contributed by atoms with E-state index in [4.69, 9.17) is 22.3 Å². The molecule has 0 saturated carbocycles. The molecule has 2 amide bonds. The Kier molecular flexibility index (Phi) is 11.2. The van der Waals surface area contributed by atoms with Crippen LogP contribution >= 0.6 is 0 Å². The Morgan fingerprint density at radius 3 is 2.12 bits per heavy atom. The Labute approximate surface area is 185 Å². The van der Waals surface area contributed by atoms with Crippen molar-refractivity contribution in [2.75, 3.05) is 6.54 Å². The zero-order chi connectivity index (χ0) is 24.1. The summed E-state index contributed by atoms with van der Waals surface area (Å²) in [6.45, 7) is 0.293. The molecule has 32 heavy (non-hydrogen) atoms. The zero-order valence-corrected chi connectivity index (χ0v) is 17.6. The summed E-state index contributed by atoms with van der Waals surface area (Å²) in [5, 5.41) is 22.9. The number of amides is 2. The Morgan fingerprint density at radius 2 is 1.56 bits per heavy atom. The van der Waals surface area contributed by atoms with Crippen LogP contribution in [0.25, 0.3) is 0 Å². The summed E-state index contributed by atoms with van der Waals surface area (Å²) in [5.41, 5.74) is 17.1. The minimum atomic E-state index is -1.41. The third-order valence-electron chi connectivity index (χ3n) is 4.48. The lowest BCUT2D eigenvalue weighted by molar-refractivity contribution is -0.143. The van der Waals surface area contributed by atoms with Crippen LogP contribution in [-0.2, 0) is 25.6 Å². The second-order valence-corrected chi connectivity index (χ2v) is 7.14. The number of carboxylic acids is 2. The summed E-state index contributed by atoms with van der Waals surface area (Å²) >= 11 is 0. The number of nitrogens with zero attached hydrogens (tertiary/aromatic N) is 1. The third-order valence-corrected chi connectivity index (χ3v) is 4.48. The van der Waals surface area contributed by atoms with Crippen molar-refractivity contribution in [3.8, 4) is 0 Å². The summed E-state index contributed by atoms with van der Waals surface area (Å²) in [4.78, 5) is 51.3. The van der Waals surface area contributed by atoms with E-state index in [0.717, 1.165) is 5.56 Å². The Bertz CT molecular complexity index is 812. The maximum absolute atomic E-state index is 12.8. The highest BCUT2D eigenvalue weighted by Crippen LogP contribution is 2.06. The van der Waals surface area contributed by atoms with Gasteiger partial charge in [0.25, 0.3) is 0 Å². The average Bonchev–Trinajstić information content (AvgIpc) is 2.73. The van der Waals surface area contributed by atoms with Gasteiger partial charge in [-0.25, -0.2) is 4.79 Å². The number of nitrogens with two attached hydrogens (primary N) is 3. The van der Waals surface area contributed by atoms with Gasteiger partial charge in [0, 0.05) is 19.4 Å². The molecule has 0 aromatic heterocycles. The highest BCUT2D eigenvalue weighted by Gasteiger charge is 2.28. The van der Waals surface area contributed by atoms with Crippen molar-refractivity contribution in [2.45, 2.75) is 50.2 Å². The first-order valence-electron chi connectivity index (χ1n) is 10.0. The van der Waals surface area contributed by atoms with E-state index in [9.17, 15) is 24.3 Å². The van der Waals surface area contributed by atoms with Crippen LogP contribution in [0.15, 0.2) is 35.3 Å². The molecule has 0 saturated heterocycles. The zero-order valence-electron chi connectivity index (χ0n) is 17.6. The number of carbonyl (C=O) groups is 4. The molecule has 10 N–H and O–H groups in total. The van der Waals surface area contributed by atoms with E-state index in [1.165, 1.54) is 0 Å². The van der Waals surface area contributed by atoms with Crippen LogP contribution in [0.5, 0.6) is 0 Å².